The third-order valence-corrected chi connectivity index (χ3v) is 7.22. The van der Waals surface area contributed by atoms with Gasteiger partial charge in [-0.3, -0.25) is 4.90 Å². The number of aromatic nitrogens is 1. The van der Waals surface area contributed by atoms with E-state index in [9.17, 15) is 5.11 Å². The summed E-state index contributed by atoms with van der Waals surface area (Å²) >= 11 is 1.62. The van der Waals surface area contributed by atoms with Crippen LogP contribution in [0.1, 0.15) is 5.56 Å². The number of rotatable bonds is 7. The summed E-state index contributed by atoms with van der Waals surface area (Å²) in [6.07, 6.45) is 0.990. The maximum atomic E-state index is 9.69. The Bertz CT molecular complexity index is 1210. The number of piperazine rings is 1. The molecule has 5 nitrogen and oxygen atoms in total. The SMILES string of the molecule is CN1CCN(CCc2ccc(Nc3nc(-c4ccc5ccccc5c4)cs3)cc2)C(CO)C1. The summed E-state index contributed by atoms with van der Waals surface area (Å²) in [6, 6.07) is 23.8. The van der Waals surface area contributed by atoms with Gasteiger partial charge in [-0.1, -0.05) is 48.5 Å². The molecule has 3 aromatic carbocycles. The smallest absolute Gasteiger partial charge is 0.187 e. The van der Waals surface area contributed by atoms with Gasteiger partial charge >= 0.3 is 0 Å². The van der Waals surface area contributed by atoms with Crippen LogP contribution in [-0.2, 0) is 6.42 Å². The number of benzene rings is 3. The van der Waals surface area contributed by atoms with Crippen LogP contribution in [0.5, 0.6) is 0 Å². The molecule has 1 saturated heterocycles. The number of thiazole rings is 1. The van der Waals surface area contributed by atoms with E-state index in [1.165, 1.54) is 16.3 Å². The first-order valence-corrected chi connectivity index (χ1v) is 12.4. The lowest BCUT2D eigenvalue weighted by molar-refractivity contribution is 0.0521. The molecule has 1 unspecified atom stereocenters. The van der Waals surface area contributed by atoms with Crippen molar-refractivity contribution in [2.24, 2.45) is 0 Å². The number of nitrogens with one attached hydrogen (secondary N) is 1. The Hall–Kier alpha value is -2.77. The Kier molecular flexibility index (Phi) is 6.69. The topological polar surface area (TPSA) is 51.6 Å². The van der Waals surface area contributed by atoms with Crippen LogP contribution in [0.4, 0.5) is 10.8 Å². The first-order chi connectivity index (χ1) is 16.2. The fourth-order valence-electron chi connectivity index (χ4n) is 4.48. The molecule has 0 amide bonds. The van der Waals surface area contributed by atoms with Crippen LogP contribution >= 0.6 is 11.3 Å². The van der Waals surface area contributed by atoms with Gasteiger partial charge in [0.2, 0.25) is 0 Å². The number of aliphatic hydroxyl groups is 1. The molecule has 2 N–H and O–H groups in total. The van der Waals surface area contributed by atoms with Gasteiger partial charge in [-0.05, 0) is 48.0 Å². The fourth-order valence-corrected chi connectivity index (χ4v) is 5.22. The molecule has 6 heteroatoms. The predicted octanol–water partition coefficient (Wildman–Crippen LogP) is 4.86. The minimum atomic E-state index is 0.224. The summed E-state index contributed by atoms with van der Waals surface area (Å²) in [5.41, 5.74) is 4.49. The van der Waals surface area contributed by atoms with E-state index >= 15 is 0 Å². The number of hydrogen-bond donors (Lipinski definition) is 2. The van der Waals surface area contributed by atoms with E-state index in [1.54, 1.807) is 11.3 Å². The molecule has 0 aliphatic carbocycles. The first kappa shape index (κ1) is 22.0. The highest BCUT2D eigenvalue weighted by Crippen LogP contribution is 2.29. The second kappa shape index (κ2) is 10.0. The summed E-state index contributed by atoms with van der Waals surface area (Å²) in [7, 11) is 2.12. The van der Waals surface area contributed by atoms with Gasteiger partial charge in [0.25, 0.3) is 0 Å². The summed E-state index contributed by atoms with van der Waals surface area (Å²) in [6.45, 7) is 4.23. The Labute approximate surface area is 199 Å². The van der Waals surface area contributed by atoms with Crippen LogP contribution in [0.2, 0.25) is 0 Å². The molecule has 33 heavy (non-hydrogen) atoms. The Morgan fingerprint density at radius 2 is 1.85 bits per heavy atom. The van der Waals surface area contributed by atoms with E-state index in [0.29, 0.717) is 0 Å². The average Bonchev–Trinajstić information content (AvgIpc) is 3.32. The van der Waals surface area contributed by atoms with Crippen molar-refractivity contribution in [1.82, 2.24) is 14.8 Å². The summed E-state index contributed by atoms with van der Waals surface area (Å²) < 4.78 is 0. The van der Waals surface area contributed by atoms with E-state index in [0.717, 1.165) is 54.7 Å². The van der Waals surface area contributed by atoms with Crippen molar-refractivity contribution in [2.45, 2.75) is 12.5 Å². The van der Waals surface area contributed by atoms with Crippen LogP contribution in [-0.4, -0.2) is 65.8 Å². The molecule has 5 rings (SSSR count). The quantitative estimate of drug-likeness (QED) is 0.414. The van der Waals surface area contributed by atoms with Crippen molar-refractivity contribution >= 4 is 32.9 Å². The van der Waals surface area contributed by atoms with Crippen molar-refractivity contribution in [3.8, 4) is 11.3 Å². The minimum absolute atomic E-state index is 0.224. The fraction of sp³-hybridized carbons (Fsp3) is 0.296. The average molecular weight is 459 g/mol. The number of fused-ring (bicyclic) bond motifs is 1. The van der Waals surface area contributed by atoms with Gasteiger partial charge in [0.15, 0.2) is 5.13 Å². The van der Waals surface area contributed by atoms with Gasteiger partial charge in [-0.25, -0.2) is 4.98 Å². The van der Waals surface area contributed by atoms with Crippen LogP contribution in [0.15, 0.2) is 72.1 Å². The van der Waals surface area contributed by atoms with Crippen molar-refractivity contribution in [3.63, 3.8) is 0 Å². The van der Waals surface area contributed by atoms with Crippen LogP contribution in [0.3, 0.4) is 0 Å². The van der Waals surface area contributed by atoms with Crippen molar-refractivity contribution in [1.29, 1.82) is 0 Å². The van der Waals surface area contributed by atoms with Gasteiger partial charge in [0.1, 0.15) is 0 Å². The number of hydrogen-bond acceptors (Lipinski definition) is 6. The predicted molar refractivity (Wildman–Crippen MR) is 138 cm³/mol. The molecule has 2 heterocycles. The van der Waals surface area contributed by atoms with Gasteiger partial charge in [-0.2, -0.15) is 0 Å². The third kappa shape index (κ3) is 5.25. The first-order valence-electron chi connectivity index (χ1n) is 11.5. The van der Waals surface area contributed by atoms with Gasteiger partial charge < -0.3 is 15.3 Å². The van der Waals surface area contributed by atoms with Gasteiger partial charge in [0.05, 0.1) is 12.3 Å². The molecule has 0 spiro atoms. The third-order valence-electron chi connectivity index (χ3n) is 6.46. The molecule has 1 aliphatic heterocycles. The zero-order valence-electron chi connectivity index (χ0n) is 18.9. The van der Waals surface area contributed by atoms with E-state index < -0.39 is 0 Å². The van der Waals surface area contributed by atoms with Crippen LogP contribution in [0.25, 0.3) is 22.0 Å². The van der Waals surface area contributed by atoms with Crippen LogP contribution < -0.4 is 5.32 Å². The number of aliphatic hydroxyl groups excluding tert-OH is 1. The maximum Gasteiger partial charge on any atom is 0.187 e. The van der Waals surface area contributed by atoms with E-state index in [4.69, 9.17) is 4.98 Å². The monoisotopic (exact) mass is 458 g/mol. The molecule has 4 aromatic rings. The standard InChI is InChI=1S/C27H30N4OS/c1-30-14-15-31(25(17-30)18-32)13-12-20-6-10-24(11-7-20)28-27-29-26(19-33-27)23-9-8-21-4-2-3-5-22(21)16-23/h2-11,16,19,25,32H,12-15,17-18H2,1H3,(H,28,29). The molecule has 1 aliphatic rings. The molecular formula is C27H30N4OS. The molecule has 0 radical (unpaired) electrons. The molecule has 0 bridgehead atoms. The molecule has 170 valence electrons. The second-order valence-electron chi connectivity index (χ2n) is 8.81. The Balaban J connectivity index is 1.19. The van der Waals surface area contributed by atoms with E-state index in [2.05, 4.69) is 94.3 Å². The minimum Gasteiger partial charge on any atom is -0.395 e. The van der Waals surface area contributed by atoms with Crippen molar-refractivity contribution in [2.75, 3.05) is 45.2 Å². The Morgan fingerprint density at radius 1 is 1.03 bits per heavy atom. The highest BCUT2D eigenvalue weighted by molar-refractivity contribution is 7.14. The maximum absolute atomic E-state index is 9.69. The normalized spacial score (nSPS) is 17.5. The molecule has 1 atom stereocenters. The largest absolute Gasteiger partial charge is 0.395 e. The van der Waals surface area contributed by atoms with Crippen LogP contribution in [0, 0.1) is 0 Å². The number of anilines is 2. The van der Waals surface area contributed by atoms with Gasteiger partial charge in [0, 0.05) is 48.9 Å². The number of likely N-dealkylation sites (N-methyl/N-ethyl adjacent to an activating group) is 1. The van der Waals surface area contributed by atoms with Gasteiger partial charge in [-0.15, -0.1) is 11.3 Å². The zero-order chi connectivity index (χ0) is 22.6. The highest BCUT2D eigenvalue weighted by atomic mass is 32.1. The molecular weight excluding hydrogens is 428 g/mol. The molecule has 0 saturated carbocycles. The molecule has 1 fully saturated rings. The summed E-state index contributed by atoms with van der Waals surface area (Å²) in [4.78, 5) is 9.51. The van der Waals surface area contributed by atoms with Crippen molar-refractivity contribution < 1.29 is 5.11 Å². The lowest BCUT2D eigenvalue weighted by atomic mass is 10.1. The second-order valence-corrected chi connectivity index (χ2v) is 9.66. The van der Waals surface area contributed by atoms with E-state index in [-0.39, 0.29) is 12.6 Å². The number of nitrogens with zero attached hydrogens (tertiary/aromatic N) is 3. The van der Waals surface area contributed by atoms with E-state index in [1.807, 2.05) is 0 Å². The highest BCUT2D eigenvalue weighted by Gasteiger charge is 2.23. The lowest BCUT2D eigenvalue weighted by Crippen LogP contribution is -2.53. The zero-order valence-corrected chi connectivity index (χ0v) is 19.8. The summed E-state index contributed by atoms with van der Waals surface area (Å²) in [5, 5.41) is 18.6. The van der Waals surface area contributed by atoms with Crippen molar-refractivity contribution in [3.05, 3.63) is 77.7 Å². The Morgan fingerprint density at radius 3 is 2.67 bits per heavy atom. The lowest BCUT2D eigenvalue weighted by Gasteiger charge is -2.39. The molecule has 1 aromatic heterocycles. The summed E-state index contributed by atoms with van der Waals surface area (Å²) in [5.74, 6) is 0.